The van der Waals surface area contributed by atoms with Gasteiger partial charge in [0.2, 0.25) is 5.91 Å². The van der Waals surface area contributed by atoms with Crippen LogP contribution in [0.2, 0.25) is 0 Å². The number of amides is 1. The van der Waals surface area contributed by atoms with Crippen molar-refractivity contribution in [2.45, 2.75) is 58.2 Å². The lowest BCUT2D eigenvalue weighted by molar-refractivity contribution is -0.119. The van der Waals surface area contributed by atoms with E-state index in [1.54, 1.807) is 0 Å². The summed E-state index contributed by atoms with van der Waals surface area (Å²) < 4.78 is 5.73. The molecule has 0 spiro atoms. The number of carbonyl (C=O) groups excluding carboxylic acids is 1. The molecule has 0 aromatic carbocycles. The Hall–Kier alpha value is -0.280. The summed E-state index contributed by atoms with van der Waals surface area (Å²) in [5, 5.41) is 0. The summed E-state index contributed by atoms with van der Waals surface area (Å²) in [4.78, 5) is 10.7. The van der Waals surface area contributed by atoms with E-state index in [4.69, 9.17) is 10.5 Å². The quantitative estimate of drug-likeness (QED) is 0.813. The van der Waals surface area contributed by atoms with Crippen molar-refractivity contribution in [3.8, 4) is 0 Å². The van der Waals surface area contributed by atoms with Gasteiger partial charge in [0.15, 0.2) is 0 Å². The molecule has 0 unspecified atom stereocenters. The number of hydrogen-bond acceptors (Lipinski definition) is 2. The number of rotatable bonds is 4. The van der Waals surface area contributed by atoms with E-state index in [0.29, 0.717) is 24.5 Å². The number of nitrogens with two attached hydrogens (primary N) is 1. The fourth-order valence-corrected chi connectivity index (χ4v) is 2.14. The summed E-state index contributed by atoms with van der Waals surface area (Å²) in [7, 11) is 0. The molecule has 0 saturated heterocycles. The molecule has 15 heavy (non-hydrogen) atoms. The number of hydrogen-bond donors (Lipinski definition) is 1. The first kappa shape index (κ1) is 14.7. The minimum atomic E-state index is -0.168. The third-order valence-corrected chi connectivity index (χ3v) is 2.75. The second-order valence-corrected chi connectivity index (χ2v) is 4.50. The zero-order valence-electron chi connectivity index (χ0n) is 9.57. The van der Waals surface area contributed by atoms with E-state index >= 15 is 0 Å². The Morgan fingerprint density at radius 2 is 1.87 bits per heavy atom. The van der Waals surface area contributed by atoms with Crippen LogP contribution in [0.15, 0.2) is 0 Å². The van der Waals surface area contributed by atoms with E-state index in [2.05, 4.69) is 13.8 Å². The standard InChI is InChI=1S/C11H21NO2.ClH/c1-8(2)14-10-5-3-9(4-6-10)7-11(12)13;/h8-10H,3-7H2,1-2H3,(H2,12,13);1H. The first-order valence-electron chi connectivity index (χ1n) is 5.51. The summed E-state index contributed by atoms with van der Waals surface area (Å²) in [6.07, 6.45) is 5.59. The molecule has 1 aliphatic carbocycles. The molecule has 1 fully saturated rings. The van der Waals surface area contributed by atoms with Gasteiger partial charge in [-0.3, -0.25) is 4.79 Å². The number of halogens is 1. The molecule has 4 heteroatoms. The van der Waals surface area contributed by atoms with Crippen molar-refractivity contribution < 1.29 is 9.53 Å². The highest BCUT2D eigenvalue weighted by Crippen LogP contribution is 2.28. The van der Waals surface area contributed by atoms with Crippen LogP contribution in [0.25, 0.3) is 0 Å². The molecule has 3 nitrogen and oxygen atoms in total. The molecule has 90 valence electrons. The van der Waals surface area contributed by atoms with Gasteiger partial charge in [-0.2, -0.15) is 0 Å². The summed E-state index contributed by atoms with van der Waals surface area (Å²) in [6, 6.07) is 0. The van der Waals surface area contributed by atoms with Crippen LogP contribution in [-0.4, -0.2) is 18.1 Å². The number of ether oxygens (including phenoxy) is 1. The SMILES string of the molecule is CC(C)OC1CCC(CC(N)=O)CC1.Cl. The van der Waals surface area contributed by atoms with Crippen molar-refractivity contribution in [3.63, 3.8) is 0 Å². The summed E-state index contributed by atoms with van der Waals surface area (Å²) in [6.45, 7) is 4.13. The Morgan fingerprint density at radius 1 is 1.33 bits per heavy atom. The Bertz CT molecular complexity index is 189. The van der Waals surface area contributed by atoms with Gasteiger partial charge in [-0.15, -0.1) is 12.4 Å². The van der Waals surface area contributed by atoms with Gasteiger partial charge in [-0.1, -0.05) is 0 Å². The minimum absolute atomic E-state index is 0. The molecular weight excluding hydrogens is 214 g/mol. The Kier molecular flexibility index (Phi) is 6.94. The predicted octanol–water partition coefficient (Wildman–Crippen LogP) is 2.27. The lowest BCUT2D eigenvalue weighted by atomic mass is 9.85. The molecule has 0 atom stereocenters. The van der Waals surface area contributed by atoms with Crippen LogP contribution in [0.1, 0.15) is 46.0 Å². The van der Waals surface area contributed by atoms with Crippen LogP contribution < -0.4 is 5.73 Å². The highest BCUT2D eigenvalue weighted by Gasteiger charge is 2.23. The zero-order valence-corrected chi connectivity index (χ0v) is 10.4. The Labute approximate surface area is 98.2 Å². The van der Waals surface area contributed by atoms with E-state index < -0.39 is 0 Å². The molecule has 1 aliphatic rings. The number of primary amides is 1. The fourth-order valence-electron chi connectivity index (χ4n) is 2.14. The van der Waals surface area contributed by atoms with E-state index in [1.165, 1.54) is 0 Å². The van der Waals surface area contributed by atoms with E-state index in [-0.39, 0.29) is 18.3 Å². The predicted molar refractivity (Wildman–Crippen MR) is 63.0 cm³/mol. The first-order valence-corrected chi connectivity index (χ1v) is 5.51. The highest BCUT2D eigenvalue weighted by atomic mass is 35.5. The highest BCUT2D eigenvalue weighted by molar-refractivity contribution is 5.85. The molecule has 0 aliphatic heterocycles. The van der Waals surface area contributed by atoms with Crippen molar-refractivity contribution in [1.29, 1.82) is 0 Å². The average molecular weight is 236 g/mol. The maximum Gasteiger partial charge on any atom is 0.217 e. The topological polar surface area (TPSA) is 52.3 Å². The molecule has 0 aromatic heterocycles. The molecule has 0 radical (unpaired) electrons. The first-order chi connectivity index (χ1) is 6.58. The molecule has 0 bridgehead atoms. The van der Waals surface area contributed by atoms with Crippen molar-refractivity contribution in [2.75, 3.05) is 0 Å². The maximum atomic E-state index is 10.7. The van der Waals surface area contributed by atoms with Gasteiger partial charge < -0.3 is 10.5 Å². The molecule has 1 saturated carbocycles. The maximum absolute atomic E-state index is 10.7. The van der Waals surface area contributed by atoms with E-state index in [0.717, 1.165) is 25.7 Å². The van der Waals surface area contributed by atoms with Gasteiger partial charge in [0.05, 0.1) is 12.2 Å². The van der Waals surface area contributed by atoms with E-state index in [1.807, 2.05) is 0 Å². The fraction of sp³-hybridized carbons (Fsp3) is 0.909. The van der Waals surface area contributed by atoms with Gasteiger partial charge in [-0.05, 0) is 45.4 Å². The third kappa shape index (κ3) is 6.00. The van der Waals surface area contributed by atoms with Crippen LogP contribution in [0.5, 0.6) is 0 Å². The molecule has 0 heterocycles. The summed E-state index contributed by atoms with van der Waals surface area (Å²) in [5.41, 5.74) is 5.17. The van der Waals surface area contributed by atoms with Crippen molar-refractivity contribution >= 4 is 18.3 Å². The van der Waals surface area contributed by atoms with Crippen LogP contribution in [0, 0.1) is 5.92 Å². The normalized spacial score (nSPS) is 26.1. The third-order valence-electron chi connectivity index (χ3n) is 2.75. The van der Waals surface area contributed by atoms with Gasteiger partial charge in [-0.25, -0.2) is 0 Å². The van der Waals surface area contributed by atoms with Crippen molar-refractivity contribution in [1.82, 2.24) is 0 Å². The molecular formula is C11H22ClNO2. The van der Waals surface area contributed by atoms with Crippen LogP contribution in [-0.2, 0) is 9.53 Å². The lowest BCUT2D eigenvalue weighted by Crippen LogP contribution is -2.26. The molecule has 1 rings (SSSR count). The average Bonchev–Trinajstić information content (AvgIpc) is 2.06. The van der Waals surface area contributed by atoms with Gasteiger partial charge in [0.25, 0.3) is 0 Å². The monoisotopic (exact) mass is 235 g/mol. The minimum Gasteiger partial charge on any atom is -0.376 e. The van der Waals surface area contributed by atoms with Gasteiger partial charge in [0.1, 0.15) is 0 Å². The summed E-state index contributed by atoms with van der Waals surface area (Å²) >= 11 is 0. The Morgan fingerprint density at radius 3 is 2.27 bits per heavy atom. The Balaban J connectivity index is 0.00000196. The van der Waals surface area contributed by atoms with Gasteiger partial charge in [0, 0.05) is 6.42 Å². The van der Waals surface area contributed by atoms with Crippen LogP contribution >= 0.6 is 12.4 Å². The van der Waals surface area contributed by atoms with Gasteiger partial charge >= 0.3 is 0 Å². The van der Waals surface area contributed by atoms with Crippen LogP contribution in [0.4, 0.5) is 0 Å². The lowest BCUT2D eigenvalue weighted by Gasteiger charge is -2.29. The molecule has 2 N–H and O–H groups in total. The zero-order chi connectivity index (χ0) is 10.6. The van der Waals surface area contributed by atoms with Crippen LogP contribution in [0.3, 0.4) is 0 Å². The second-order valence-electron chi connectivity index (χ2n) is 4.50. The molecule has 1 amide bonds. The van der Waals surface area contributed by atoms with E-state index in [9.17, 15) is 4.79 Å². The molecule has 0 aromatic rings. The summed E-state index contributed by atoms with van der Waals surface area (Å²) in [5.74, 6) is 0.331. The largest absolute Gasteiger partial charge is 0.376 e. The van der Waals surface area contributed by atoms with Crippen molar-refractivity contribution in [2.24, 2.45) is 11.7 Å². The number of carbonyl (C=O) groups is 1. The second kappa shape index (κ2) is 7.07. The smallest absolute Gasteiger partial charge is 0.217 e. The van der Waals surface area contributed by atoms with Crippen molar-refractivity contribution in [3.05, 3.63) is 0 Å².